The molecule has 2 aliphatic heterocycles. The van der Waals surface area contributed by atoms with Gasteiger partial charge in [0.2, 0.25) is 0 Å². The molecule has 0 amide bonds. The highest BCUT2D eigenvalue weighted by Gasteiger charge is 2.46. The van der Waals surface area contributed by atoms with Gasteiger partial charge < -0.3 is 65.5 Å². The summed E-state index contributed by atoms with van der Waals surface area (Å²) in [7, 11) is 0. The maximum absolute atomic E-state index is 9.98. The van der Waals surface area contributed by atoms with E-state index in [4.69, 9.17) is 24.7 Å². The van der Waals surface area contributed by atoms with Crippen LogP contribution in [0.1, 0.15) is 0 Å². The Labute approximate surface area is 160 Å². The van der Waals surface area contributed by atoms with Crippen LogP contribution in [-0.4, -0.2) is 135 Å². The molecule has 13 nitrogen and oxygen atoms in total. The van der Waals surface area contributed by atoms with Crippen molar-refractivity contribution in [2.24, 2.45) is 5.73 Å². The molecule has 2 rings (SSSR count). The molecule has 0 aromatic carbocycles. The molecule has 2 saturated heterocycles. The van der Waals surface area contributed by atoms with Crippen molar-refractivity contribution < 1.29 is 59.8 Å². The summed E-state index contributed by atoms with van der Waals surface area (Å²) in [5.74, 6) is 0. The van der Waals surface area contributed by atoms with Gasteiger partial charge in [-0.05, 0) is 0 Å². The highest BCUT2D eigenvalue weighted by Crippen LogP contribution is 2.24. The van der Waals surface area contributed by atoms with Gasteiger partial charge in [-0.15, -0.1) is 0 Å². The molecule has 2 fully saturated rings. The summed E-state index contributed by atoms with van der Waals surface area (Å²) in [4.78, 5) is 0. The third-order valence-corrected chi connectivity index (χ3v) is 4.68. The zero-order valence-electron chi connectivity index (χ0n) is 15.0. The highest BCUT2D eigenvalue weighted by molar-refractivity contribution is 4.91. The lowest BCUT2D eigenvalue weighted by molar-refractivity contribution is -0.298. The van der Waals surface area contributed by atoms with Gasteiger partial charge in [0.25, 0.3) is 0 Å². The van der Waals surface area contributed by atoms with Gasteiger partial charge >= 0.3 is 0 Å². The molecule has 0 aromatic heterocycles. The predicted molar refractivity (Wildman–Crippen MR) is 87.4 cm³/mol. The van der Waals surface area contributed by atoms with Crippen LogP contribution in [0.25, 0.3) is 0 Å². The maximum atomic E-state index is 9.98. The number of ether oxygens (including phenoxy) is 4. The van der Waals surface area contributed by atoms with E-state index < -0.39 is 80.7 Å². The zero-order valence-corrected chi connectivity index (χ0v) is 15.0. The summed E-state index contributed by atoms with van der Waals surface area (Å²) in [6.07, 6.45) is -14.2. The number of rotatable bonds is 8. The summed E-state index contributed by atoms with van der Waals surface area (Å²) < 4.78 is 20.7. The number of nitrogens with two attached hydrogens (primary N) is 1. The fourth-order valence-corrected chi connectivity index (χ4v) is 3.06. The van der Waals surface area contributed by atoms with Crippen molar-refractivity contribution in [1.82, 2.24) is 0 Å². The van der Waals surface area contributed by atoms with E-state index in [1.807, 2.05) is 0 Å². The number of aliphatic hydroxyl groups is 8. The van der Waals surface area contributed by atoms with Crippen molar-refractivity contribution in [2.45, 2.75) is 67.5 Å². The molecule has 0 saturated carbocycles. The van der Waals surface area contributed by atoms with E-state index in [1.165, 1.54) is 0 Å². The van der Waals surface area contributed by atoms with Crippen LogP contribution in [0.4, 0.5) is 0 Å². The summed E-state index contributed by atoms with van der Waals surface area (Å²) in [6, 6.07) is -0.814. The second-order valence-electron chi connectivity index (χ2n) is 6.81. The lowest BCUT2D eigenvalue weighted by Gasteiger charge is -2.41. The Bertz CT molecular complexity index is 428. The predicted octanol–water partition coefficient (Wildman–Crippen LogP) is -6.05. The zero-order chi connectivity index (χ0) is 21.0. The number of hydrogen-bond acceptors (Lipinski definition) is 13. The normalized spacial score (nSPS) is 44.8. The highest BCUT2D eigenvalue weighted by atomic mass is 16.7. The number of aliphatic hydroxyl groups excluding tert-OH is 8. The molecule has 166 valence electrons. The van der Waals surface area contributed by atoms with Crippen molar-refractivity contribution in [3.63, 3.8) is 0 Å². The van der Waals surface area contributed by atoms with E-state index in [9.17, 15) is 40.9 Å². The first-order chi connectivity index (χ1) is 13.2. The summed E-state index contributed by atoms with van der Waals surface area (Å²) >= 11 is 0. The summed E-state index contributed by atoms with van der Waals surface area (Å²) in [5, 5.41) is 76.7. The van der Waals surface area contributed by atoms with Crippen molar-refractivity contribution in [2.75, 3.05) is 26.4 Å². The van der Waals surface area contributed by atoms with Crippen LogP contribution in [0.3, 0.4) is 0 Å². The van der Waals surface area contributed by atoms with Crippen molar-refractivity contribution in [3.05, 3.63) is 0 Å². The quantitative estimate of drug-likeness (QED) is 0.180. The first-order valence-electron chi connectivity index (χ1n) is 8.81. The molecule has 10 N–H and O–H groups in total. The van der Waals surface area contributed by atoms with Crippen LogP contribution in [0, 0.1) is 0 Å². The monoisotopic (exact) mass is 415 g/mol. The van der Waals surface area contributed by atoms with Crippen LogP contribution in [0.2, 0.25) is 0 Å². The van der Waals surface area contributed by atoms with Crippen LogP contribution < -0.4 is 5.73 Å². The molecule has 0 aliphatic carbocycles. The van der Waals surface area contributed by atoms with E-state index in [0.717, 1.165) is 0 Å². The fourth-order valence-electron chi connectivity index (χ4n) is 3.06. The Balaban J connectivity index is 1.85. The number of hydrogen-bond donors (Lipinski definition) is 9. The molecule has 0 unspecified atom stereocenters. The Morgan fingerprint density at radius 1 is 0.679 bits per heavy atom. The van der Waals surface area contributed by atoms with Crippen molar-refractivity contribution in [3.8, 4) is 0 Å². The summed E-state index contributed by atoms with van der Waals surface area (Å²) in [6.45, 7) is -1.60. The molecule has 0 aromatic rings. The molecule has 0 bridgehead atoms. The van der Waals surface area contributed by atoms with Gasteiger partial charge in [-0.2, -0.15) is 0 Å². The molecule has 13 heteroatoms. The fraction of sp³-hybridized carbons (Fsp3) is 1.00. The minimum atomic E-state index is -1.67. The van der Waals surface area contributed by atoms with Gasteiger partial charge in [0.1, 0.15) is 48.8 Å². The molecule has 10 atom stereocenters. The van der Waals surface area contributed by atoms with Gasteiger partial charge in [-0.1, -0.05) is 0 Å². The molecule has 2 aliphatic rings. The molecule has 0 radical (unpaired) electrons. The van der Waals surface area contributed by atoms with Gasteiger partial charge in [0, 0.05) is 0 Å². The standard InChI is InChI=1S/C15H29NO12/c16-5(3-25-12-6(1-17)27-14(23)10(21)8(12)19)4-26-13-7(2-18)28-15(24)11(22)9(13)20/h5-15,17-24H,1-4,16H2/t6-,7-,8-,9-,10+,11+,12-,13-,14-,15-/m1/s1. The van der Waals surface area contributed by atoms with Crippen LogP contribution in [0.15, 0.2) is 0 Å². The topological polar surface area (TPSA) is 225 Å². The lowest BCUT2D eigenvalue weighted by Crippen LogP contribution is -2.60. The van der Waals surface area contributed by atoms with E-state index in [1.54, 1.807) is 0 Å². The average Bonchev–Trinajstić information content (AvgIpc) is 2.68. The molecular formula is C15H29NO12. The van der Waals surface area contributed by atoms with Crippen LogP contribution >= 0.6 is 0 Å². The van der Waals surface area contributed by atoms with Crippen molar-refractivity contribution >= 4 is 0 Å². The van der Waals surface area contributed by atoms with E-state index in [0.29, 0.717) is 0 Å². The minimum absolute atomic E-state index is 0.219. The Kier molecular flexibility index (Phi) is 8.90. The largest absolute Gasteiger partial charge is 0.394 e. The molecule has 28 heavy (non-hydrogen) atoms. The Hall–Kier alpha value is -0.520. The van der Waals surface area contributed by atoms with E-state index >= 15 is 0 Å². The third kappa shape index (κ3) is 5.34. The lowest BCUT2D eigenvalue weighted by atomic mass is 9.99. The molecule has 2 heterocycles. The smallest absolute Gasteiger partial charge is 0.184 e. The Morgan fingerprint density at radius 3 is 1.36 bits per heavy atom. The average molecular weight is 415 g/mol. The van der Waals surface area contributed by atoms with Crippen molar-refractivity contribution in [1.29, 1.82) is 0 Å². The van der Waals surface area contributed by atoms with Crippen LogP contribution in [0.5, 0.6) is 0 Å². The third-order valence-electron chi connectivity index (χ3n) is 4.68. The van der Waals surface area contributed by atoms with E-state index in [-0.39, 0.29) is 13.2 Å². The summed E-state index contributed by atoms with van der Waals surface area (Å²) in [5.41, 5.74) is 5.85. The first kappa shape index (κ1) is 23.8. The SMILES string of the molecule is NC(CO[C@H]1[C@H](O)[C@H](O)[C@H](O)O[C@@H]1CO)CO[C@H]1[C@H](O)[C@H](O)[C@H](O)O[C@@H]1CO. The maximum Gasteiger partial charge on any atom is 0.184 e. The molecular weight excluding hydrogens is 386 g/mol. The molecule has 0 spiro atoms. The van der Waals surface area contributed by atoms with Crippen LogP contribution in [-0.2, 0) is 18.9 Å². The second kappa shape index (κ2) is 10.5. The van der Waals surface area contributed by atoms with Gasteiger partial charge in [-0.25, -0.2) is 0 Å². The van der Waals surface area contributed by atoms with Gasteiger partial charge in [0.15, 0.2) is 12.6 Å². The first-order valence-corrected chi connectivity index (χ1v) is 8.81. The van der Waals surface area contributed by atoms with E-state index in [2.05, 4.69) is 0 Å². The van der Waals surface area contributed by atoms with Gasteiger partial charge in [0.05, 0.1) is 32.5 Å². The Morgan fingerprint density at radius 2 is 1.04 bits per heavy atom. The van der Waals surface area contributed by atoms with Gasteiger partial charge in [-0.3, -0.25) is 0 Å². The minimum Gasteiger partial charge on any atom is -0.394 e. The second-order valence-corrected chi connectivity index (χ2v) is 6.81.